The third kappa shape index (κ3) is 3.03. The molecule has 1 aliphatic rings. The molecule has 1 aliphatic heterocycles. The van der Waals surface area contributed by atoms with E-state index in [-0.39, 0.29) is 5.91 Å². The van der Waals surface area contributed by atoms with Crippen LogP contribution in [0.15, 0.2) is 30.4 Å². The lowest BCUT2D eigenvalue weighted by Gasteiger charge is -2.24. The van der Waals surface area contributed by atoms with Gasteiger partial charge in [0.2, 0.25) is 5.91 Å². The molecule has 2 rings (SSSR count). The van der Waals surface area contributed by atoms with Gasteiger partial charge >= 0.3 is 11.9 Å². The number of fused-ring (bicyclic) bond motifs is 1. The number of hydrogen-bond acceptors (Lipinski definition) is 5. The Kier molecular flexibility index (Phi) is 4.68. The molecule has 0 saturated heterocycles. The molecular weight excluding hydrogens is 302 g/mol. The zero-order chi connectivity index (χ0) is 17.1. The van der Waals surface area contributed by atoms with E-state index in [2.05, 4.69) is 0 Å². The predicted molar refractivity (Wildman–Crippen MR) is 81.5 cm³/mol. The maximum absolute atomic E-state index is 12.2. The molecule has 0 saturated carbocycles. The quantitative estimate of drug-likeness (QED) is 0.665. The first-order valence-electron chi connectivity index (χ1n) is 6.87. The number of nitrogens with zero attached hydrogens (tertiary/aromatic N) is 1. The number of benzene rings is 1. The number of hydrogen-bond donors (Lipinski definition) is 1. The Bertz CT molecular complexity index is 681. The maximum Gasteiger partial charge on any atom is 0.328 e. The van der Waals surface area contributed by atoms with Crippen LogP contribution in [0.5, 0.6) is 5.75 Å². The van der Waals surface area contributed by atoms with Crippen LogP contribution in [0.25, 0.3) is 0 Å². The highest BCUT2D eigenvalue weighted by atomic mass is 16.5. The molecule has 0 spiro atoms. The smallest absolute Gasteiger partial charge is 0.328 e. The van der Waals surface area contributed by atoms with E-state index in [1.165, 1.54) is 32.1 Å². The number of rotatable bonds is 4. The van der Waals surface area contributed by atoms with Crippen LogP contribution in [0.4, 0.5) is 5.69 Å². The molecule has 0 bridgehead atoms. The van der Waals surface area contributed by atoms with Crippen molar-refractivity contribution in [3.05, 3.63) is 35.9 Å². The minimum atomic E-state index is -1.16. The van der Waals surface area contributed by atoms with Crippen molar-refractivity contribution in [1.82, 2.24) is 0 Å². The summed E-state index contributed by atoms with van der Waals surface area (Å²) >= 11 is 0. The highest BCUT2D eigenvalue weighted by molar-refractivity contribution is 6.00. The normalized spacial score (nSPS) is 19.5. The average Bonchev–Trinajstić information content (AvgIpc) is 2.85. The lowest BCUT2D eigenvalue weighted by Crippen LogP contribution is -2.38. The summed E-state index contributed by atoms with van der Waals surface area (Å²) in [5.41, 5.74) is 1.10. The predicted octanol–water partition coefficient (Wildman–Crippen LogP) is 1.33. The Morgan fingerprint density at radius 2 is 1.96 bits per heavy atom. The first-order chi connectivity index (χ1) is 10.9. The molecule has 0 aliphatic carbocycles. The number of amides is 1. The highest BCUT2D eigenvalue weighted by Crippen LogP contribution is 2.44. The van der Waals surface area contributed by atoms with Gasteiger partial charge in [0.05, 0.1) is 20.3 Å². The van der Waals surface area contributed by atoms with E-state index in [1.807, 2.05) is 0 Å². The zero-order valence-electron chi connectivity index (χ0n) is 13.0. The van der Waals surface area contributed by atoms with Crippen LogP contribution in [-0.2, 0) is 19.1 Å². The molecule has 1 N–H and O–H groups in total. The first-order valence-corrected chi connectivity index (χ1v) is 6.87. The summed E-state index contributed by atoms with van der Waals surface area (Å²) < 4.78 is 9.99. The summed E-state index contributed by atoms with van der Waals surface area (Å²) in [5.74, 6) is -2.30. The van der Waals surface area contributed by atoms with E-state index in [1.54, 1.807) is 18.2 Å². The molecule has 7 heteroatoms. The molecule has 7 nitrogen and oxygen atoms in total. The van der Waals surface area contributed by atoms with Crippen molar-refractivity contribution in [2.45, 2.75) is 18.9 Å². The van der Waals surface area contributed by atoms with E-state index < -0.39 is 23.9 Å². The van der Waals surface area contributed by atoms with Gasteiger partial charge in [0.25, 0.3) is 0 Å². The summed E-state index contributed by atoms with van der Waals surface area (Å²) in [6.07, 6.45) is 2.23. The standard InChI is InChI=1S/C16H17NO6/c1-9(18)17-12-5-4-10(22-2)8-11(12)15(16(21)23-3)13(17)6-7-14(19)20/h4-8,13,15H,1-3H3,(H,19,20)/b7-6+. The minimum Gasteiger partial charge on any atom is -0.497 e. The summed E-state index contributed by atoms with van der Waals surface area (Å²) in [5, 5.41) is 8.85. The van der Waals surface area contributed by atoms with E-state index in [0.29, 0.717) is 17.0 Å². The Morgan fingerprint density at radius 3 is 2.48 bits per heavy atom. The van der Waals surface area contributed by atoms with Crippen molar-refractivity contribution in [3.8, 4) is 5.75 Å². The number of ether oxygens (including phenoxy) is 2. The van der Waals surface area contributed by atoms with Crippen LogP contribution >= 0.6 is 0 Å². The maximum atomic E-state index is 12.2. The molecule has 1 aromatic rings. The second-order valence-corrected chi connectivity index (χ2v) is 5.00. The Morgan fingerprint density at radius 1 is 1.26 bits per heavy atom. The number of carbonyl (C=O) groups excluding carboxylic acids is 2. The van der Waals surface area contributed by atoms with Crippen molar-refractivity contribution < 1.29 is 29.0 Å². The number of carboxylic acids is 1. The van der Waals surface area contributed by atoms with Gasteiger partial charge in [-0.25, -0.2) is 4.79 Å². The number of carbonyl (C=O) groups is 3. The first kappa shape index (κ1) is 16.5. The van der Waals surface area contributed by atoms with E-state index in [4.69, 9.17) is 14.6 Å². The van der Waals surface area contributed by atoms with Crippen molar-refractivity contribution in [3.63, 3.8) is 0 Å². The molecule has 0 radical (unpaired) electrons. The molecule has 0 fully saturated rings. The summed E-state index contributed by atoms with van der Waals surface area (Å²) in [6.45, 7) is 1.36. The van der Waals surface area contributed by atoms with Crippen LogP contribution in [0.1, 0.15) is 18.4 Å². The molecule has 122 valence electrons. The van der Waals surface area contributed by atoms with Gasteiger partial charge in [-0.05, 0) is 23.8 Å². The van der Waals surface area contributed by atoms with Crippen LogP contribution in [-0.4, -0.2) is 43.2 Å². The Labute approximate surface area is 133 Å². The second kappa shape index (κ2) is 6.51. The molecule has 0 aromatic heterocycles. The SMILES string of the molecule is COC(=O)C1c2cc(OC)ccc2N(C(C)=O)C1/C=C/C(=O)O. The number of aliphatic carboxylic acids is 1. The fraction of sp³-hybridized carbons (Fsp3) is 0.312. The zero-order valence-corrected chi connectivity index (χ0v) is 13.0. The highest BCUT2D eigenvalue weighted by Gasteiger charge is 2.44. The minimum absolute atomic E-state index is 0.303. The fourth-order valence-electron chi connectivity index (χ4n) is 2.77. The third-order valence-electron chi connectivity index (χ3n) is 3.70. The molecular formula is C16H17NO6. The molecule has 2 atom stereocenters. The van der Waals surface area contributed by atoms with E-state index in [9.17, 15) is 14.4 Å². The monoisotopic (exact) mass is 319 g/mol. The van der Waals surface area contributed by atoms with Crippen molar-refractivity contribution in [2.24, 2.45) is 0 Å². The molecule has 1 aromatic carbocycles. The van der Waals surface area contributed by atoms with Crippen LogP contribution in [0.2, 0.25) is 0 Å². The van der Waals surface area contributed by atoms with Crippen LogP contribution in [0.3, 0.4) is 0 Å². The van der Waals surface area contributed by atoms with E-state index >= 15 is 0 Å². The van der Waals surface area contributed by atoms with Gasteiger partial charge in [0, 0.05) is 18.7 Å². The van der Waals surface area contributed by atoms with Gasteiger partial charge in [-0.3, -0.25) is 9.59 Å². The topological polar surface area (TPSA) is 93.1 Å². The largest absolute Gasteiger partial charge is 0.497 e. The fourth-order valence-corrected chi connectivity index (χ4v) is 2.77. The molecule has 23 heavy (non-hydrogen) atoms. The Hall–Kier alpha value is -2.83. The van der Waals surface area contributed by atoms with Crippen LogP contribution in [0, 0.1) is 0 Å². The van der Waals surface area contributed by atoms with Crippen molar-refractivity contribution in [1.29, 1.82) is 0 Å². The number of esters is 1. The summed E-state index contributed by atoms with van der Waals surface area (Å²) in [6, 6.07) is 4.23. The Balaban J connectivity index is 2.61. The van der Waals surface area contributed by atoms with Gasteiger partial charge in [-0.15, -0.1) is 0 Å². The van der Waals surface area contributed by atoms with Gasteiger partial charge in [-0.2, -0.15) is 0 Å². The number of carboxylic acid groups (broad SMARTS) is 1. The summed E-state index contributed by atoms with van der Waals surface area (Å²) in [4.78, 5) is 36.5. The summed E-state index contributed by atoms with van der Waals surface area (Å²) in [7, 11) is 2.74. The number of anilines is 1. The lowest BCUT2D eigenvalue weighted by molar-refractivity contribution is -0.142. The van der Waals surface area contributed by atoms with Gasteiger partial charge < -0.3 is 19.5 Å². The van der Waals surface area contributed by atoms with Crippen molar-refractivity contribution in [2.75, 3.05) is 19.1 Å². The van der Waals surface area contributed by atoms with Crippen molar-refractivity contribution >= 4 is 23.5 Å². The third-order valence-corrected chi connectivity index (χ3v) is 3.70. The number of methoxy groups -OCH3 is 2. The van der Waals surface area contributed by atoms with Gasteiger partial charge in [0.15, 0.2) is 0 Å². The van der Waals surface area contributed by atoms with Crippen LogP contribution < -0.4 is 9.64 Å². The average molecular weight is 319 g/mol. The van der Waals surface area contributed by atoms with Gasteiger partial charge in [-0.1, -0.05) is 6.08 Å². The van der Waals surface area contributed by atoms with Gasteiger partial charge in [0.1, 0.15) is 11.7 Å². The molecule has 1 amide bonds. The lowest BCUT2D eigenvalue weighted by atomic mass is 9.94. The molecule has 1 heterocycles. The molecule has 2 unspecified atom stereocenters. The second-order valence-electron chi connectivity index (χ2n) is 5.00. The van der Waals surface area contributed by atoms with E-state index in [0.717, 1.165) is 6.08 Å².